The lowest BCUT2D eigenvalue weighted by Crippen LogP contribution is -2.41. The van der Waals surface area contributed by atoms with Crippen molar-refractivity contribution in [2.45, 2.75) is 27.3 Å². The standard InChI is InChI=1S/C24H24N2OS/c1-17-8-7-13-26(16-17)22(23(27)21-12-11-18(2)19(3)14-21)24(28)25-15-20-9-5-4-6-10-20/h4-14,16H,15H2,1-3H3,(H-,25,27,28)/p+1. The van der Waals surface area contributed by atoms with Gasteiger partial charge >= 0.3 is 0 Å². The van der Waals surface area contributed by atoms with E-state index in [9.17, 15) is 5.11 Å². The van der Waals surface area contributed by atoms with Crippen molar-refractivity contribution in [3.8, 4) is 0 Å². The van der Waals surface area contributed by atoms with Gasteiger partial charge in [-0.25, -0.2) is 0 Å². The number of hydrogen-bond donors (Lipinski definition) is 2. The summed E-state index contributed by atoms with van der Waals surface area (Å²) in [5, 5.41) is 14.4. The second-order valence-corrected chi connectivity index (χ2v) is 7.36. The summed E-state index contributed by atoms with van der Waals surface area (Å²) in [6.07, 6.45) is 3.86. The summed E-state index contributed by atoms with van der Waals surface area (Å²) in [6.45, 7) is 6.71. The molecule has 0 aliphatic carbocycles. The van der Waals surface area contributed by atoms with Crippen LogP contribution in [0.15, 0.2) is 73.1 Å². The normalized spacial score (nSPS) is 11.7. The molecule has 0 spiro atoms. The minimum atomic E-state index is 0.157. The van der Waals surface area contributed by atoms with E-state index < -0.39 is 0 Å². The van der Waals surface area contributed by atoms with Crippen molar-refractivity contribution < 1.29 is 9.67 Å². The average molecular weight is 390 g/mol. The van der Waals surface area contributed by atoms with Gasteiger partial charge < -0.3 is 10.4 Å². The van der Waals surface area contributed by atoms with Crippen LogP contribution in [0.3, 0.4) is 0 Å². The number of benzene rings is 2. The Morgan fingerprint density at radius 2 is 1.71 bits per heavy atom. The van der Waals surface area contributed by atoms with E-state index in [0.29, 0.717) is 17.2 Å². The van der Waals surface area contributed by atoms with Gasteiger partial charge in [-0.05, 0) is 49.6 Å². The van der Waals surface area contributed by atoms with Crippen molar-refractivity contribution in [1.29, 1.82) is 0 Å². The highest BCUT2D eigenvalue weighted by atomic mass is 32.1. The van der Waals surface area contributed by atoms with Crippen LogP contribution in [0.25, 0.3) is 11.5 Å². The Morgan fingerprint density at radius 1 is 0.964 bits per heavy atom. The molecule has 0 atom stereocenters. The van der Waals surface area contributed by atoms with Crippen LogP contribution < -0.4 is 9.88 Å². The van der Waals surface area contributed by atoms with E-state index in [4.69, 9.17) is 12.2 Å². The molecule has 0 amide bonds. The molecule has 2 N–H and O–H groups in total. The van der Waals surface area contributed by atoms with E-state index in [1.165, 1.54) is 5.56 Å². The number of aliphatic hydroxyl groups excluding tert-OH is 1. The first-order chi connectivity index (χ1) is 13.5. The van der Waals surface area contributed by atoms with Crippen molar-refractivity contribution in [3.63, 3.8) is 0 Å². The van der Waals surface area contributed by atoms with Crippen LogP contribution in [0.4, 0.5) is 0 Å². The monoisotopic (exact) mass is 389 g/mol. The van der Waals surface area contributed by atoms with Gasteiger partial charge in [-0.1, -0.05) is 54.7 Å². The first kappa shape index (κ1) is 19.8. The number of thiocarbonyl (C=S) groups is 1. The summed E-state index contributed by atoms with van der Waals surface area (Å²) in [5.41, 5.74) is 5.84. The van der Waals surface area contributed by atoms with E-state index in [1.54, 1.807) is 0 Å². The van der Waals surface area contributed by atoms with Gasteiger partial charge in [0, 0.05) is 23.7 Å². The molecule has 0 aliphatic heterocycles. The molecule has 0 radical (unpaired) electrons. The van der Waals surface area contributed by atoms with Crippen LogP contribution in [0.1, 0.15) is 27.8 Å². The van der Waals surface area contributed by atoms with Gasteiger partial charge in [0.1, 0.15) is 0 Å². The lowest BCUT2D eigenvalue weighted by atomic mass is 10.0. The van der Waals surface area contributed by atoms with E-state index >= 15 is 0 Å². The molecule has 3 aromatic rings. The van der Waals surface area contributed by atoms with Crippen LogP contribution in [0.5, 0.6) is 0 Å². The summed E-state index contributed by atoms with van der Waals surface area (Å²) < 4.78 is 1.88. The lowest BCUT2D eigenvalue weighted by Gasteiger charge is -2.11. The molecule has 28 heavy (non-hydrogen) atoms. The van der Waals surface area contributed by atoms with Crippen molar-refractivity contribution in [3.05, 3.63) is 101 Å². The Labute approximate surface area is 172 Å². The van der Waals surface area contributed by atoms with Crippen LogP contribution in [0, 0.1) is 20.8 Å². The van der Waals surface area contributed by atoms with Gasteiger partial charge in [-0.2, -0.15) is 4.57 Å². The highest BCUT2D eigenvalue weighted by Crippen LogP contribution is 2.20. The zero-order valence-corrected chi connectivity index (χ0v) is 17.3. The lowest BCUT2D eigenvalue weighted by molar-refractivity contribution is -0.576. The Kier molecular flexibility index (Phi) is 6.22. The number of aryl methyl sites for hydroxylation is 3. The van der Waals surface area contributed by atoms with E-state index in [2.05, 4.69) is 12.2 Å². The third-order valence-electron chi connectivity index (χ3n) is 4.72. The fourth-order valence-corrected chi connectivity index (χ4v) is 3.24. The maximum absolute atomic E-state index is 11.1. The van der Waals surface area contributed by atoms with Gasteiger partial charge in [-0.15, -0.1) is 0 Å². The molecule has 0 fully saturated rings. The van der Waals surface area contributed by atoms with Crippen molar-refractivity contribution in [2.24, 2.45) is 0 Å². The molecule has 0 aliphatic rings. The number of pyridine rings is 1. The molecular formula is C24H25N2OS+. The fraction of sp³-hybridized carbons (Fsp3) is 0.167. The predicted molar refractivity (Wildman–Crippen MR) is 119 cm³/mol. The number of hydrogen-bond acceptors (Lipinski definition) is 2. The molecule has 0 saturated carbocycles. The van der Waals surface area contributed by atoms with Gasteiger partial charge in [0.25, 0.3) is 5.70 Å². The number of rotatable bonds is 5. The Balaban J connectivity index is 2.01. The maximum Gasteiger partial charge on any atom is 0.288 e. The quantitative estimate of drug-likeness (QED) is 0.282. The van der Waals surface area contributed by atoms with Crippen molar-refractivity contribution in [2.75, 3.05) is 0 Å². The molecule has 0 unspecified atom stereocenters. The highest BCUT2D eigenvalue weighted by Gasteiger charge is 2.24. The smallest absolute Gasteiger partial charge is 0.288 e. The first-order valence-corrected chi connectivity index (χ1v) is 9.68. The Hall–Kier alpha value is -2.98. The van der Waals surface area contributed by atoms with Crippen molar-refractivity contribution >= 4 is 28.7 Å². The van der Waals surface area contributed by atoms with Crippen molar-refractivity contribution in [1.82, 2.24) is 5.32 Å². The number of aliphatic hydroxyl groups is 1. The van der Waals surface area contributed by atoms with Crippen LogP contribution in [-0.2, 0) is 6.54 Å². The summed E-state index contributed by atoms with van der Waals surface area (Å²) in [4.78, 5) is 0.496. The van der Waals surface area contributed by atoms with Gasteiger partial charge in [-0.3, -0.25) is 0 Å². The second-order valence-electron chi connectivity index (χ2n) is 6.95. The summed E-state index contributed by atoms with van der Waals surface area (Å²) >= 11 is 5.68. The predicted octanol–water partition coefficient (Wildman–Crippen LogP) is 4.90. The molecule has 0 bridgehead atoms. The second kappa shape index (κ2) is 8.81. The maximum atomic E-state index is 11.1. The molecular weight excluding hydrogens is 364 g/mol. The molecule has 4 heteroatoms. The molecule has 2 aromatic carbocycles. The fourth-order valence-electron chi connectivity index (χ4n) is 2.97. The Morgan fingerprint density at radius 3 is 2.39 bits per heavy atom. The topological polar surface area (TPSA) is 36.1 Å². The third-order valence-corrected chi connectivity index (χ3v) is 5.06. The molecule has 3 nitrogen and oxygen atoms in total. The largest absolute Gasteiger partial charge is 0.502 e. The van der Waals surface area contributed by atoms with E-state index in [0.717, 1.165) is 22.3 Å². The summed E-state index contributed by atoms with van der Waals surface area (Å²) in [5.74, 6) is 0.157. The van der Waals surface area contributed by atoms with Gasteiger partial charge in [0.15, 0.2) is 23.1 Å². The number of nitrogens with one attached hydrogen (secondary N) is 1. The molecule has 142 valence electrons. The average Bonchev–Trinajstić information content (AvgIpc) is 2.69. The zero-order valence-electron chi connectivity index (χ0n) is 16.4. The molecule has 1 heterocycles. The van der Waals surface area contributed by atoms with Crippen LogP contribution >= 0.6 is 12.2 Å². The minimum Gasteiger partial charge on any atom is -0.502 e. The molecule has 0 saturated heterocycles. The minimum absolute atomic E-state index is 0.157. The Bertz CT molecular complexity index is 1030. The third kappa shape index (κ3) is 4.65. The SMILES string of the molecule is Cc1ccc[n+](/C(C(=S)NCc2ccccc2)=C(/O)c2ccc(C)c(C)c2)c1. The molecule has 3 rings (SSSR count). The number of aromatic nitrogens is 1. The molecule has 1 aromatic heterocycles. The highest BCUT2D eigenvalue weighted by molar-refractivity contribution is 7.81. The number of nitrogens with zero attached hydrogens (tertiary/aromatic N) is 1. The van der Waals surface area contributed by atoms with Crippen LogP contribution in [0.2, 0.25) is 0 Å². The van der Waals surface area contributed by atoms with Gasteiger partial charge in [0.05, 0.1) is 0 Å². The van der Waals surface area contributed by atoms with Gasteiger partial charge in [0.2, 0.25) is 0 Å². The van der Waals surface area contributed by atoms with Crippen LogP contribution in [-0.4, -0.2) is 10.1 Å². The van der Waals surface area contributed by atoms with E-state index in [-0.39, 0.29) is 5.76 Å². The van der Waals surface area contributed by atoms with E-state index in [1.807, 2.05) is 91.5 Å². The zero-order chi connectivity index (χ0) is 20.1. The summed E-state index contributed by atoms with van der Waals surface area (Å²) in [7, 11) is 0. The summed E-state index contributed by atoms with van der Waals surface area (Å²) in [6, 6.07) is 20.0. The first-order valence-electron chi connectivity index (χ1n) is 9.27.